The van der Waals surface area contributed by atoms with Crippen molar-refractivity contribution in [1.82, 2.24) is 15.1 Å². The molecule has 0 aromatic carbocycles. The van der Waals surface area contributed by atoms with Crippen LogP contribution in [0.5, 0.6) is 0 Å². The van der Waals surface area contributed by atoms with Crippen molar-refractivity contribution in [1.29, 1.82) is 0 Å². The number of carbonyl (C=O) groups is 1. The third-order valence-electron chi connectivity index (χ3n) is 5.01. The number of hydrogen-bond acceptors (Lipinski definition) is 5. The van der Waals surface area contributed by atoms with Crippen LogP contribution in [0.4, 0.5) is 0 Å². The lowest BCUT2D eigenvalue weighted by Crippen LogP contribution is -2.46. The normalized spacial score (nSPS) is 28.7. The number of rotatable bonds is 4. The van der Waals surface area contributed by atoms with E-state index in [1.807, 2.05) is 11.8 Å². The molecular weight excluding hydrogens is 298 g/mol. The van der Waals surface area contributed by atoms with Gasteiger partial charge in [-0.15, -0.1) is 0 Å². The number of amides is 1. The zero-order chi connectivity index (χ0) is 15.2. The van der Waals surface area contributed by atoms with E-state index >= 15 is 0 Å². The molecular formula is C16H29N3O2S. The van der Waals surface area contributed by atoms with Gasteiger partial charge in [-0.2, -0.15) is 11.8 Å². The molecule has 0 aromatic rings. The topological polar surface area (TPSA) is 44.8 Å². The van der Waals surface area contributed by atoms with Gasteiger partial charge < -0.3 is 15.0 Å². The molecule has 1 N–H and O–H groups in total. The second-order valence-corrected chi connectivity index (χ2v) is 7.82. The zero-order valence-corrected chi connectivity index (χ0v) is 14.3. The summed E-state index contributed by atoms with van der Waals surface area (Å²) in [6.45, 7) is 8.04. The molecule has 3 fully saturated rings. The number of likely N-dealkylation sites (tertiary alicyclic amines) is 1. The van der Waals surface area contributed by atoms with Crippen molar-refractivity contribution in [3.8, 4) is 0 Å². The number of piperidine rings is 1. The Morgan fingerprint density at radius 2 is 1.95 bits per heavy atom. The summed E-state index contributed by atoms with van der Waals surface area (Å²) in [4.78, 5) is 17.0. The highest BCUT2D eigenvalue weighted by molar-refractivity contribution is 7.99. The van der Waals surface area contributed by atoms with Gasteiger partial charge in [0.1, 0.15) is 0 Å². The van der Waals surface area contributed by atoms with Crippen molar-refractivity contribution in [3.63, 3.8) is 0 Å². The van der Waals surface area contributed by atoms with Gasteiger partial charge in [0.05, 0.1) is 13.2 Å². The number of nitrogens with zero attached hydrogens (tertiary/aromatic N) is 2. The summed E-state index contributed by atoms with van der Waals surface area (Å²) in [6.07, 6.45) is 3.01. The monoisotopic (exact) mass is 327 g/mol. The second kappa shape index (κ2) is 8.52. The molecule has 3 aliphatic heterocycles. The predicted molar refractivity (Wildman–Crippen MR) is 90.3 cm³/mol. The summed E-state index contributed by atoms with van der Waals surface area (Å²) < 4.78 is 5.41. The van der Waals surface area contributed by atoms with Crippen molar-refractivity contribution in [2.24, 2.45) is 5.92 Å². The van der Waals surface area contributed by atoms with E-state index in [2.05, 4.69) is 15.1 Å². The standard InChI is InChI=1S/C16H29N3O2S/c20-16(11-15-13-22-10-3-17-15)19-4-1-14(2-5-19)12-18-6-8-21-9-7-18/h14-15,17H,1-13H2. The van der Waals surface area contributed by atoms with E-state index in [4.69, 9.17) is 4.74 Å². The average molecular weight is 327 g/mol. The van der Waals surface area contributed by atoms with Gasteiger partial charge in [0.2, 0.25) is 5.91 Å². The molecule has 0 aliphatic carbocycles. The first kappa shape index (κ1) is 16.6. The van der Waals surface area contributed by atoms with Crippen molar-refractivity contribution in [2.75, 3.05) is 64.0 Å². The number of nitrogens with one attached hydrogen (secondary N) is 1. The molecule has 6 heteroatoms. The Bertz CT molecular complexity index is 349. The van der Waals surface area contributed by atoms with Crippen LogP contribution in [-0.4, -0.2) is 85.7 Å². The highest BCUT2D eigenvalue weighted by Crippen LogP contribution is 2.20. The summed E-state index contributed by atoms with van der Waals surface area (Å²) in [7, 11) is 0. The Hall–Kier alpha value is -0.300. The fourth-order valence-corrected chi connectivity index (χ4v) is 4.55. The Labute approximate surface area is 138 Å². The van der Waals surface area contributed by atoms with Crippen LogP contribution >= 0.6 is 11.8 Å². The largest absolute Gasteiger partial charge is 0.379 e. The number of carbonyl (C=O) groups excluding carboxylic acids is 1. The Morgan fingerprint density at radius 1 is 1.18 bits per heavy atom. The molecule has 0 aromatic heterocycles. The Balaban J connectivity index is 1.36. The minimum atomic E-state index is 0.352. The highest BCUT2D eigenvalue weighted by Gasteiger charge is 2.26. The quantitative estimate of drug-likeness (QED) is 0.821. The molecule has 0 spiro atoms. The van der Waals surface area contributed by atoms with Crippen molar-refractivity contribution >= 4 is 17.7 Å². The number of hydrogen-bond donors (Lipinski definition) is 1. The van der Waals surface area contributed by atoms with Crippen LogP contribution in [0, 0.1) is 5.92 Å². The van der Waals surface area contributed by atoms with Crippen LogP contribution in [0.15, 0.2) is 0 Å². The van der Waals surface area contributed by atoms with Gasteiger partial charge in [0.25, 0.3) is 0 Å². The second-order valence-electron chi connectivity index (χ2n) is 6.67. The van der Waals surface area contributed by atoms with Crippen LogP contribution in [0.25, 0.3) is 0 Å². The van der Waals surface area contributed by atoms with E-state index < -0.39 is 0 Å². The summed E-state index contributed by atoms with van der Waals surface area (Å²) in [6, 6.07) is 0.386. The molecule has 0 saturated carbocycles. The first-order chi connectivity index (χ1) is 10.8. The van der Waals surface area contributed by atoms with Crippen LogP contribution in [0.3, 0.4) is 0 Å². The summed E-state index contributed by atoms with van der Waals surface area (Å²) in [5.74, 6) is 3.37. The van der Waals surface area contributed by atoms with Gasteiger partial charge in [-0.3, -0.25) is 9.69 Å². The van der Waals surface area contributed by atoms with Gasteiger partial charge in [0.15, 0.2) is 0 Å². The van der Waals surface area contributed by atoms with Crippen molar-refractivity contribution < 1.29 is 9.53 Å². The van der Waals surface area contributed by atoms with Gasteiger partial charge in [0, 0.05) is 63.2 Å². The van der Waals surface area contributed by atoms with E-state index in [0.29, 0.717) is 18.4 Å². The molecule has 126 valence electrons. The Morgan fingerprint density at radius 3 is 2.64 bits per heavy atom. The maximum atomic E-state index is 12.4. The molecule has 0 radical (unpaired) electrons. The molecule has 3 saturated heterocycles. The molecule has 1 unspecified atom stereocenters. The molecule has 5 nitrogen and oxygen atoms in total. The Kier molecular flexibility index (Phi) is 6.41. The SMILES string of the molecule is O=C(CC1CSCCN1)N1CCC(CN2CCOCC2)CC1. The molecule has 3 heterocycles. The number of morpholine rings is 1. The number of thioether (sulfide) groups is 1. The molecule has 3 aliphatic rings. The number of ether oxygens (including phenoxy) is 1. The average Bonchev–Trinajstić information content (AvgIpc) is 2.57. The van der Waals surface area contributed by atoms with Gasteiger partial charge in [-0.25, -0.2) is 0 Å². The van der Waals surface area contributed by atoms with E-state index in [9.17, 15) is 4.79 Å². The first-order valence-electron chi connectivity index (χ1n) is 8.70. The van der Waals surface area contributed by atoms with Gasteiger partial charge in [-0.1, -0.05) is 0 Å². The van der Waals surface area contributed by atoms with Crippen molar-refractivity contribution in [2.45, 2.75) is 25.3 Å². The molecule has 22 heavy (non-hydrogen) atoms. The third-order valence-corrected chi connectivity index (χ3v) is 6.14. The summed E-state index contributed by atoms with van der Waals surface area (Å²) in [5, 5.41) is 3.47. The van der Waals surface area contributed by atoms with Gasteiger partial charge >= 0.3 is 0 Å². The van der Waals surface area contributed by atoms with E-state index in [1.165, 1.54) is 12.3 Å². The lowest BCUT2D eigenvalue weighted by atomic mass is 9.95. The summed E-state index contributed by atoms with van der Waals surface area (Å²) in [5.41, 5.74) is 0. The van der Waals surface area contributed by atoms with Crippen LogP contribution in [0.2, 0.25) is 0 Å². The highest BCUT2D eigenvalue weighted by atomic mass is 32.2. The maximum Gasteiger partial charge on any atom is 0.224 e. The fourth-order valence-electron chi connectivity index (χ4n) is 3.60. The third kappa shape index (κ3) is 4.85. The maximum absolute atomic E-state index is 12.4. The molecule has 3 rings (SSSR count). The molecule has 0 bridgehead atoms. The molecule has 1 amide bonds. The van der Waals surface area contributed by atoms with E-state index in [-0.39, 0.29) is 0 Å². The van der Waals surface area contributed by atoms with Crippen LogP contribution < -0.4 is 5.32 Å². The van der Waals surface area contributed by atoms with E-state index in [0.717, 1.165) is 70.4 Å². The van der Waals surface area contributed by atoms with Crippen LogP contribution in [0.1, 0.15) is 19.3 Å². The zero-order valence-electron chi connectivity index (χ0n) is 13.5. The first-order valence-corrected chi connectivity index (χ1v) is 9.86. The van der Waals surface area contributed by atoms with Gasteiger partial charge in [-0.05, 0) is 18.8 Å². The van der Waals surface area contributed by atoms with Crippen molar-refractivity contribution in [3.05, 3.63) is 0 Å². The summed E-state index contributed by atoms with van der Waals surface area (Å²) >= 11 is 1.96. The van der Waals surface area contributed by atoms with Crippen LogP contribution in [-0.2, 0) is 9.53 Å². The molecule has 1 atom stereocenters. The van der Waals surface area contributed by atoms with E-state index in [1.54, 1.807) is 0 Å². The fraction of sp³-hybridized carbons (Fsp3) is 0.938. The smallest absolute Gasteiger partial charge is 0.224 e. The minimum absolute atomic E-state index is 0.352. The minimum Gasteiger partial charge on any atom is -0.379 e. The lowest BCUT2D eigenvalue weighted by Gasteiger charge is -2.36. The lowest BCUT2D eigenvalue weighted by molar-refractivity contribution is -0.133. The predicted octanol–water partition coefficient (Wildman–Crippen LogP) is 0.652.